The number of benzene rings is 2. The first-order valence-corrected chi connectivity index (χ1v) is 10.2. The van der Waals surface area contributed by atoms with E-state index < -0.39 is 14.2 Å². The highest BCUT2D eigenvalue weighted by molar-refractivity contribution is 6.45. The summed E-state index contributed by atoms with van der Waals surface area (Å²) in [4.78, 5) is 9.98. The minimum atomic E-state index is -0.816. The first kappa shape index (κ1) is 16.7. The maximum Gasteiger partial charge on any atom is 0.527 e. The molecule has 4 aromatic rings. The molecule has 0 atom stereocenters. The van der Waals surface area contributed by atoms with E-state index in [0.717, 1.165) is 68.3 Å². The van der Waals surface area contributed by atoms with E-state index in [0.29, 0.717) is 24.1 Å². The minimum Gasteiger partial charge on any atom is -0.534 e. The summed E-state index contributed by atoms with van der Waals surface area (Å²) in [6, 6.07) is 12.4. The van der Waals surface area contributed by atoms with Crippen LogP contribution in [0.5, 0.6) is 11.5 Å². The molecular weight excluding hydrogens is 378 g/mol. The van der Waals surface area contributed by atoms with Crippen molar-refractivity contribution in [2.24, 2.45) is 0 Å². The van der Waals surface area contributed by atoms with E-state index in [1.807, 2.05) is 24.3 Å². The average molecular weight is 394 g/mol. The van der Waals surface area contributed by atoms with E-state index in [2.05, 4.69) is 12.1 Å². The molecule has 30 heavy (non-hydrogen) atoms. The van der Waals surface area contributed by atoms with E-state index in [1.165, 1.54) is 0 Å². The number of hydrogen-bond acceptors (Lipinski definition) is 6. The summed E-state index contributed by atoms with van der Waals surface area (Å²) in [5.41, 5.74) is 7.53. The van der Waals surface area contributed by atoms with Gasteiger partial charge in [0.1, 0.15) is 22.5 Å². The molecule has 0 radical (unpaired) electrons. The largest absolute Gasteiger partial charge is 0.534 e. The van der Waals surface area contributed by atoms with Gasteiger partial charge in [-0.05, 0) is 47.2 Å². The molecule has 0 unspecified atom stereocenters. The average Bonchev–Trinajstić information content (AvgIpc) is 3.32. The molecular formula is C22H16B2N2O4. The van der Waals surface area contributed by atoms with Gasteiger partial charge in [-0.25, -0.2) is 9.97 Å². The zero-order valence-corrected chi connectivity index (χ0v) is 16.1. The summed E-state index contributed by atoms with van der Waals surface area (Å²) in [7, 11) is -1.63. The summed E-state index contributed by atoms with van der Waals surface area (Å²) in [5, 5.41) is 21.9. The Labute approximate surface area is 172 Å². The Hall–Kier alpha value is -3.09. The highest BCUT2D eigenvalue weighted by Crippen LogP contribution is 2.41. The lowest BCUT2D eigenvalue weighted by Gasteiger charge is -2.20. The van der Waals surface area contributed by atoms with Gasteiger partial charge in [0.25, 0.3) is 0 Å². The zero-order valence-electron chi connectivity index (χ0n) is 16.1. The zero-order chi connectivity index (χ0) is 20.0. The normalized spacial score (nSPS) is 16.2. The van der Waals surface area contributed by atoms with Crippen LogP contribution in [0.1, 0.15) is 22.3 Å². The predicted octanol–water partition coefficient (Wildman–Crippen LogP) is 2.46. The Kier molecular flexibility index (Phi) is 3.19. The van der Waals surface area contributed by atoms with Crippen LogP contribution in [0.15, 0.2) is 36.4 Å². The Morgan fingerprint density at radius 1 is 0.667 bits per heavy atom. The van der Waals surface area contributed by atoms with Gasteiger partial charge in [0.2, 0.25) is 0 Å². The fraction of sp³-hybridized carbons (Fsp3) is 0.182. The van der Waals surface area contributed by atoms with Gasteiger partial charge in [0.15, 0.2) is 0 Å². The Morgan fingerprint density at radius 3 is 1.60 bits per heavy atom. The van der Waals surface area contributed by atoms with E-state index in [1.54, 1.807) is 0 Å². The number of rotatable bonds is 0. The number of fused-ring (bicyclic) bond motifs is 9. The number of hydrogen-bond donors (Lipinski definition) is 2. The molecule has 0 spiro atoms. The molecule has 6 nitrogen and oxygen atoms in total. The van der Waals surface area contributed by atoms with Crippen molar-refractivity contribution in [3.8, 4) is 22.9 Å². The highest BCUT2D eigenvalue weighted by Gasteiger charge is 2.32. The molecule has 1 aliphatic carbocycles. The minimum absolute atomic E-state index is 0.481. The molecule has 7 rings (SSSR count). The molecule has 3 aliphatic rings. The van der Waals surface area contributed by atoms with Gasteiger partial charge >= 0.3 is 14.2 Å². The van der Waals surface area contributed by atoms with Gasteiger partial charge in [-0.3, -0.25) is 0 Å². The fourth-order valence-electron chi connectivity index (χ4n) is 4.98. The van der Waals surface area contributed by atoms with Crippen molar-refractivity contribution in [2.45, 2.75) is 25.5 Å². The Bertz CT molecular complexity index is 1300. The molecule has 0 bridgehead atoms. The second-order valence-electron chi connectivity index (χ2n) is 8.30. The number of aromatic nitrogens is 2. The van der Waals surface area contributed by atoms with Crippen molar-refractivity contribution < 1.29 is 19.4 Å². The van der Waals surface area contributed by atoms with Crippen LogP contribution in [0.25, 0.3) is 33.2 Å². The fourth-order valence-corrected chi connectivity index (χ4v) is 4.98. The molecule has 2 aromatic heterocycles. The number of nitrogens with zero attached hydrogens (tertiary/aromatic N) is 2. The summed E-state index contributed by atoms with van der Waals surface area (Å²) >= 11 is 0. The van der Waals surface area contributed by atoms with Gasteiger partial charge < -0.3 is 19.4 Å². The standard InChI is InChI=1S/C22H16B2N2O4/c27-23-9-15-5-3-13-7-11-1-2-12-8-14-4-6-16-10-24(28)30-22(16)20(14)26-18(12)17(11)25-19(13)21(15)29-23/h3-8,27-28H,1-2,9-10H2. The molecule has 2 N–H and O–H groups in total. The van der Waals surface area contributed by atoms with Crippen molar-refractivity contribution >= 4 is 36.0 Å². The van der Waals surface area contributed by atoms with Crippen LogP contribution >= 0.6 is 0 Å². The molecule has 144 valence electrons. The van der Waals surface area contributed by atoms with E-state index >= 15 is 0 Å². The van der Waals surface area contributed by atoms with Gasteiger partial charge in [0, 0.05) is 23.4 Å². The number of aryl methyl sites for hydroxylation is 2. The summed E-state index contributed by atoms with van der Waals surface area (Å²) in [5.74, 6) is 1.34. The SMILES string of the molecule is OB1Cc2ccc3cc4c(nc3c2O1)-c1nc2c3c(ccc2cc1CC4)CB(O)O3. The molecule has 0 amide bonds. The maximum absolute atomic E-state index is 9.94. The summed E-state index contributed by atoms with van der Waals surface area (Å²) in [6.45, 7) is 0. The summed E-state index contributed by atoms with van der Waals surface area (Å²) in [6.07, 6.45) is 2.77. The van der Waals surface area contributed by atoms with Crippen molar-refractivity contribution in [2.75, 3.05) is 0 Å². The van der Waals surface area contributed by atoms with Crippen LogP contribution in [0.3, 0.4) is 0 Å². The number of pyridine rings is 2. The lowest BCUT2D eigenvalue weighted by Crippen LogP contribution is -2.18. The van der Waals surface area contributed by atoms with Crippen molar-refractivity contribution in [1.29, 1.82) is 0 Å². The Morgan fingerprint density at radius 2 is 1.13 bits per heavy atom. The van der Waals surface area contributed by atoms with E-state index in [-0.39, 0.29) is 0 Å². The van der Waals surface area contributed by atoms with Crippen LogP contribution in [0.4, 0.5) is 0 Å². The van der Waals surface area contributed by atoms with Crippen LogP contribution in [-0.4, -0.2) is 34.3 Å². The molecule has 4 heterocycles. The van der Waals surface area contributed by atoms with Crippen LogP contribution < -0.4 is 9.31 Å². The first-order chi connectivity index (χ1) is 14.6. The Balaban J connectivity index is 1.49. The van der Waals surface area contributed by atoms with Gasteiger partial charge in [-0.2, -0.15) is 0 Å². The smallest absolute Gasteiger partial charge is 0.527 e. The third kappa shape index (κ3) is 2.23. The van der Waals surface area contributed by atoms with E-state index in [4.69, 9.17) is 19.3 Å². The molecule has 0 saturated heterocycles. The first-order valence-electron chi connectivity index (χ1n) is 10.2. The molecule has 8 heteroatoms. The molecule has 2 aliphatic heterocycles. The van der Waals surface area contributed by atoms with Crippen molar-refractivity contribution in [1.82, 2.24) is 9.97 Å². The lowest BCUT2D eigenvalue weighted by atomic mass is 9.84. The van der Waals surface area contributed by atoms with Crippen molar-refractivity contribution in [3.05, 3.63) is 58.7 Å². The second kappa shape index (κ2) is 5.74. The monoisotopic (exact) mass is 394 g/mol. The molecule has 0 saturated carbocycles. The van der Waals surface area contributed by atoms with Gasteiger partial charge in [-0.15, -0.1) is 0 Å². The maximum atomic E-state index is 9.94. The third-order valence-electron chi connectivity index (χ3n) is 6.39. The topological polar surface area (TPSA) is 84.7 Å². The highest BCUT2D eigenvalue weighted by atomic mass is 16.5. The van der Waals surface area contributed by atoms with Crippen LogP contribution in [0.2, 0.25) is 0 Å². The second-order valence-corrected chi connectivity index (χ2v) is 8.30. The van der Waals surface area contributed by atoms with E-state index in [9.17, 15) is 10.0 Å². The molecule has 0 fully saturated rings. The van der Waals surface area contributed by atoms with Gasteiger partial charge in [0.05, 0.1) is 11.4 Å². The predicted molar refractivity (Wildman–Crippen MR) is 114 cm³/mol. The third-order valence-corrected chi connectivity index (χ3v) is 6.39. The quantitative estimate of drug-likeness (QED) is 0.446. The lowest BCUT2D eigenvalue weighted by molar-refractivity contribution is 0.432. The summed E-state index contributed by atoms with van der Waals surface area (Å²) < 4.78 is 11.3. The van der Waals surface area contributed by atoms with Crippen molar-refractivity contribution in [3.63, 3.8) is 0 Å². The van der Waals surface area contributed by atoms with Crippen LogP contribution in [-0.2, 0) is 25.5 Å². The molecule has 2 aromatic carbocycles. The van der Waals surface area contributed by atoms with Gasteiger partial charge in [-0.1, -0.05) is 24.3 Å². The van der Waals surface area contributed by atoms with Crippen LogP contribution in [0, 0.1) is 0 Å².